The van der Waals surface area contributed by atoms with Crippen LogP contribution in [-0.2, 0) is 0 Å². The summed E-state index contributed by atoms with van der Waals surface area (Å²) in [6, 6.07) is 10.9. The van der Waals surface area contributed by atoms with Crippen molar-refractivity contribution in [2.24, 2.45) is 5.92 Å². The van der Waals surface area contributed by atoms with Crippen LogP contribution in [0.1, 0.15) is 38.7 Å². The Labute approximate surface area is 105 Å². The maximum atomic E-state index is 9.14. The Bertz CT molecular complexity index is 297. The van der Waals surface area contributed by atoms with E-state index in [1.165, 1.54) is 5.56 Å². The standard InChI is InChI=1S/C15H25NO/c1-12(2)13(3)16-11-15(9-10-17)14-7-5-4-6-8-14/h4-8,12-13,15-17H,9-11H2,1-3H3. The van der Waals surface area contributed by atoms with Crippen molar-refractivity contribution in [2.75, 3.05) is 13.2 Å². The summed E-state index contributed by atoms with van der Waals surface area (Å²) in [5.41, 5.74) is 1.31. The van der Waals surface area contributed by atoms with E-state index in [9.17, 15) is 0 Å². The van der Waals surface area contributed by atoms with Crippen molar-refractivity contribution >= 4 is 0 Å². The molecule has 0 aliphatic heterocycles. The van der Waals surface area contributed by atoms with E-state index >= 15 is 0 Å². The average Bonchev–Trinajstić information content (AvgIpc) is 2.35. The van der Waals surface area contributed by atoms with Gasteiger partial charge in [-0.2, -0.15) is 0 Å². The van der Waals surface area contributed by atoms with Crippen LogP contribution >= 0.6 is 0 Å². The Morgan fingerprint density at radius 1 is 1.12 bits per heavy atom. The fourth-order valence-corrected chi connectivity index (χ4v) is 1.83. The number of hydrogen-bond donors (Lipinski definition) is 2. The van der Waals surface area contributed by atoms with Crippen LogP contribution in [-0.4, -0.2) is 24.3 Å². The molecule has 0 heterocycles. The van der Waals surface area contributed by atoms with E-state index in [0.29, 0.717) is 17.9 Å². The van der Waals surface area contributed by atoms with Gasteiger partial charge in [0, 0.05) is 19.2 Å². The first kappa shape index (κ1) is 14.2. The monoisotopic (exact) mass is 235 g/mol. The SMILES string of the molecule is CC(C)C(C)NCC(CCO)c1ccccc1. The highest BCUT2D eigenvalue weighted by Crippen LogP contribution is 2.18. The molecular formula is C15H25NO. The minimum Gasteiger partial charge on any atom is -0.396 e. The highest BCUT2D eigenvalue weighted by Gasteiger charge is 2.13. The average molecular weight is 235 g/mol. The summed E-state index contributed by atoms with van der Waals surface area (Å²) in [5.74, 6) is 1.04. The molecule has 0 saturated carbocycles. The lowest BCUT2D eigenvalue weighted by molar-refractivity contribution is 0.270. The molecule has 1 rings (SSSR count). The van der Waals surface area contributed by atoms with Gasteiger partial charge in [-0.05, 0) is 30.7 Å². The van der Waals surface area contributed by atoms with Gasteiger partial charge in [-0.3, -0.25) is 0 Å². The fraction of sp³-hybridized carbons (Fsp3) is 0.600. The largest absolute Gasteiger partial charge is 0.396 e. The van der Waals surface area contributed by atoms with E-state index in [4.69, 9.17) is 5.11 Å². The molecule has 2 nitrogen and oxygen atoms in total. The van der Waals surface area contributed by atoms with Crippen LogP contribution in [0.4, 0.5) is 0 Å². The molecule has 0 aromatic heterocycles. The summed E-state index contributed by atoms with van der Waals surface area (Å²) in [4.78, 5) is 0. The van der Waals surface area contributed by atoms with Gasteiger partial charge in [0.15, 0.2) is 0 Å². The van der Waals surface area contributed by atoms with Crippen molar-refractivity contribution in [3.05, 3.63) is 35.9 Å². The molecule has 2 N–H and O–H groups in total. The van der Waals surface area contributed by atoms with Crippen LogP contribution in [0.2, 0.25) is 0 Å². The molecule has 1 aromatic carbocycles. The third-order valence-corrected chi connectivity index (χ3v) is 3.43. The summed E-state index contributed by atoms with van der Waals surface area (Å²) in [6.45, 7) is 7.84. The maximum Gasteiger partial charge on any atom is 0.0437 e. The van der Waals surface area contributed by atoms with Crippen LogP contribution in [0, 0.1) is 5.92 Å². The third-order valence-electron chi connectivity index (χ3n) is 3.43. The summed E-state index contributed by atoms with van der Waals surface area (Å²) in [5, 5.41) is 12.7. The minimum atomic E-state index is 0.247. The van der Waals surface area contributed by atoms with E-state index in [1.54, 1.807) is 0 Å². The fourth-order valence-electron chi connectivity index (χ4n) is 1.83. The zero-order valence-corrected chi connectivity index (χ0v) is 11.2. The van der Waals surface area contributed by atoms with Crippen LogP contribution in [0.3, 0.4) is 0 Å². The number of aliphatic hydroxyl groups excluding tert-OH is 1. The first-order valence-electron chi connectivity index (χ1n) is 6.54. The van der Waals surface area contributed by atoms with Crippen molar-refractivity contribution in [1.29, 1.82) is 0 Å². The quantitative estimate of drug-likeness (QED) is 0.761. The summed E-state index contributed by atoms with van der Waals surface area (Å²) in [7, 11) is 0. The van der Waals surface area contributed by atoms with Crippen molar-refractivity contribution < 1.29 is 5.11 Å². The van der Waals surface area contributed by atoms with Crippen molar-refractivity contribution in [2.45, 2.75) is 39.2 Å². The summed E-state index contributed by atoms with van der Waals surface area (Å²) >= 11 is 0. The Kier molecular flexibility index (Phi) is 6.23. The lowest BCUT2D eigenvalue weighted by Gasteiger charge is -2.22. The molecule has 2 heteroatoms. The predicted molar refractivity (Wildman–Crippen MR) is 73.2 cm³/mol. The molecule has 0 amide bonds. The number of benzene rings is 1. The van der Waals surface area contributed by atoms with E-state index in [0.717, 1.165) is 13.0 Å². The summed E-state index contributed by atoms with van der Waals surface area (Å²) < 4.78 is 0. The van der Waals surface area contributed by atoms with Crippen LogP contribution in [0.15, 0.2) is 30.3 Å². The smallest absolute Gasteiger partial charge is 0.0437 e. The normalized spacial score (nSPS) is 14.9. The lowest BCUT2D eigenvalue weighted by Crippen LogP contribution is -2.34. The third kappa shape index (κ3) is 4.88. The molecule has 0 bridgehead atoms. The van der Waals surface area contributed by atoms with Crippen molar-refractivity contribution in [3.8, 4) is 0 Å². The number of hydrogen-bond acceptors (Lipinski definition) is 2. The van der Waals surface area contributed by atoms with Gasteiger partial charge in [0.2, 0.25) is 0 Å². The van der Waals surface area contributed by atoms with Gasteiger partial charge in [0.05, 0.1) is 0 Å². The molecule has 0 aliphatic rings. The molecule has 2 atom stereocenters. The molecule has 0 saturated heterocycles. The first-order chi connectivity index (χ1) is 8.15. The lowest BCUT2D eigenvalue weighted by atomic mass is 9.95. The number of aliphatic hydroxyl groups is 1. The van der Waals surface area contributed by atoms with E-state index in [2.05, 4.69) is 50.4 Å². The number of rotatable bonds is 7. The minimum absolute atomic E-state index is 0.247. The molecule has 17 heavy (non-hydrogen) atoms. The molecular weight excluding hydrogens is 210 g/mol. The number of nitrogens with one attached hydrogen (secondary N) is 1. The van der Waals surface area contributed by atoms with Crippen LogP contribution in [0.5, 0.6) is 0 Å². The first-order valence-corrected chi connectivity index (χ1v) is 6.54. The topological polar surface area (TPSA) is 32.3 Å². The van der Waals surface area contributed by atoms with Gasteiger partial charge in [-0.25, -0.2) is 0 Å². The maximum absolute atomic E-state index is 9.14. The second kappa shape index (κ2) is 7.46. The Morgan fingerprint density at radius 2 is 1.76 bits per heavy atom. The van der Waals surface area contributed by atoms with Crippen molar-refractivity contribution in [1.82, 2.24) is 5.32 Å². The molecule has 0 aliphatic carbocycles. The van der Waals surface area contributed by atoms with Gasteiger partial charge in [-0.1, -0.05) is 44.2 Å². The van der Waals surface area contributed by atoms with Crippen molar-refractivity contribution in [3.63, 3.8) is 0 Å². The van der Waals surface area contributed by atoms with Gasteiger partial charge in [0.25, 0.3) is 0 Å². The Balaban J connectivity index is 2.55. The molecule has 0 radical (unpaired) electrons. The second-order valence-corrected chi connectivity index (χ2v) is 5.06. The summed E-state index contributed by atoms with van der Waals surface area (Å²) in [6.07, 6.45) is 0.821. The van der Waals surface area contributed by atoms with E-state index in [-0.39, 0.29) is 6.61 Å². The predicted octanol–water partition coefficient (Wildman–Crippen LogP) is 2.79. The second-order valence-electron chi connectivity index (χ2n) is 5.06. The van der Waals surface area contributed by atoms with E-state index < -0.39 is 0 Å². The molecule has 96 valence electrons. The zero-order valence-electron chi connectivity index (χ0n) is 11.2. The van der Waals surface area contributed by atoms with Gasteiger partial charge in [0.1, 0.15) is 0 Å². The zero-order chi connectivity index (χ0) is 12.7. The van der Waals surface area contributed by atoms with Crippen LogP contribution < -0.4 is 5.32 Å². The van der Waals surface area contributed by atoms with Crippen LogP contribution in [0.25, 0.3) is 0 Å². The highest BCUT2D eigenvalue weighted by molar-refractivity contribution is 5.19. The van der Waals surface area contributed by atoms with E-state index in [1.807, 2.05) is 6.07 Å². The Morgan fingerprint density at radius 3 is 2.29 bits per heavy atom. The molecule has 2 unspecified atom stereocenters. The van der Waals surface area contributed by atoms with Gasteiger partial charge < -0.3 is 10.4 Å². The van der Waals surface area contributed by atoms with Gasteiger partial charge >= 0.3 is 0 Å². The molecule has 0 fully saturated rings. The highest BCUT2D eigenvalue weighted by atomic mass is 16.3. The molecule has 0 spiro atoms. The van der Waals surface area contributed by atoms with Gasteiger partial charge in [-0.15, -0.1) is 0 Å². The molecule has 1 aromatic rings. The Hall–Kier alpha value is -0.860.